The van der Waals surface area contributed by atoms with Crippen molar-refractivity contribution >= 4 is 5.91 Å². The molecular weight excluding hydrogens is 295 g/mol. The molecule has 5 heteroatoms. The summed E-state index contributed by atoms with van der Waals surface area (Å²) >= 11 is 0. The third-order valence-corrected chi connectivity index (χ3v) is 4.30. The second-order valence-electron chi connectivity index (χ2n) is 6.01. The van der Waals surface area contributed by atoms with Gasteiger partial charge in [0, 0.05) is 36.5 Å². The van der Waals surface area contributed by atoms with Gasteiger partial charge in [0.2, 0.25) is 0 Å². The van der Waals surface area contributed by atoms with Crippen molar-refractivity contribution in [2.45, 2.75) is 31.8 Å². The molecule has 1 unspecified atom stereocenters. The van der Waals surface area contributed by atoms with Crippen LogP contribution in [0.2, 0.25) is 0 Å². The summed E-state index contributed by atoms with van der Waals surface area (Å²) in [6.07, 6.45) is 3.40. The molecule has 0 spiro atoms. The fraction of sp³-hybridized carbons (Fsp3) is 0.333. The number of hydrogen-bond acceptors (Lipinski definition) is 2. The second kappa shape index (κ2) is 5.99. The van der Waals surface area contributed by atoms with Gasteiger partial charge < -0.3 is 9.47 Å². The highest BCUT2D eigenvalue weighted by molar-refractivity contribution is 5.94. The van der Waals surface area contributed by atoms with E-state index in [9.17, 15) is 14.0 Å². The number of halogens is 1. The average molecular weight is 314 g/mol. The van der Waals surface area contributed by atoms with Gasteiger partial charge in [0.05, 0.1) is 6.04 Å². The van der Waals surface area contributed by atoms with E-state index >= 15 is 0 Å². The first kappa shape index (κ1) is 15.5. The van der Waals surface area contributed by atoms with Crippen LogP contribution in [0.15, 0.2) is 47.4 Å². The molecule has 0 bridgehead atoms. The van der Waals surface area contributed by atoms with E-state index < -0.39 is 0 Å². The van der Waals surface area contributed by atoms with Crippen LogP contribution in [0.1, 0.15) is 41.7 Å². The molecule has 1 aliphatic rings. The van der Waals surface area contributed by atoms with Crippen molar-refractivity contribution < 1.29 is 9.18 Å². The van der Waals surface area contributed by atoms with E-state index in [-0.39, 0.29) is 29.4 Å². The molecule has 0 saturated heterocycles. The Morgan fingerprint density at radius 3 is 2.61 bits per heavy atom. The lowest BCUT2D eigenvalue weighted by Gasteiger charge is -2.30. The van der Waals surface area contributed by atoms with E-state index in [2.05, 4.69) is 0 Å². The minimum absolute atomic E-state index is 0.112. The van der Waals surface area contributed by atoms with Crippen molar-refractivity contribution in [3.05, 3.63) is 69.9 Å². The van der Waals surface area contributed by atoms with Gasteiger partial charge in [0.15, 0.2) is 0 Å². The molecule has 1 saturated carbocycles. The monoisotopic (exact) mass is 314 g/mol. The lowest BCUT2D eigenvalue weighted by molar-refractivity contribution is 0.0670. The summed E-state index contributed by atoms with van der Waals surface area (Å²) < 4.78 is 15.5. The van der Waals surface area contributed by atoms with Crippen molar-refractivity contribution in [3.63, 3.8) is 0 Å². The van der Waals surface area contributed by atoms with Gasteiger partial charge in [-0.15, -0.1) is 0 Å². The SMILES string of the molecule is CC(c1ccccc1F)N(C(=O)c1ccn(C)c(=O)c1)C1CC1. The fourth-order valence-electron chi connectivity index (χ4n) is 2.81. The normalized spacial score (nSPS) is 15.3. The van der Waals surface area contributed by atoms with E-state index in [0.29, 0.717) is 11.1 Å². The maximum Gasteiger partial charge on any atom is 0.254 e. The van der Waals surface area contributed by atoms with Gasteiger partial charge in [-0.05, 0) is 31.9 Å². The smallest absolute Gasteiger partial charge is 0.254 e. The molecule has 3 rings (SSSR count). The van der Waals surface area contributed by atoms with Crippen LogP contribution >= 0.6 is 0 Å². The zero-order chi connectivity index (χ0) is 16.6. The fourth-order valence-corrected chi connectivity index (χ4v) is 2.81. The van der Waals surface area contributed by atoms with E-state index in [1.165, 1.54) is 16.7 Å². The van der Waals surface area contributed by atoms with Crippen LogP contribution in [0, 0.1) is 5.82 Å². The number of aromatic nitrogens is 1. The van der Waals surface area contributed by atoms with E-state index in [1.54, 1.807) is 42.4 Å². The third-order valence-electron chi connectivity index (χ3n) is 4.30. The van der Waals surface area contributed by atoms with Crippen LogP contribution in [-0.2, 0) is 7.05 Å². The Hall–Kier alpha value is -2.43. The summed E-state index contributed by atoms with van der Waals surface area (Å²) in [5, 5.41) is 0. The summed E-state index contributed by atoms with van der Waals surface area (Å²) in [6, 6.07) is 9.21. The zero-order valence-corrected chi connectivity index (χ0v) is 13.2. The maximum absolute atomic E-state index is 14.1. The first-order valence-electron chi connectivity index (χ1n) is 7.73. The first-order valence-corrected chi connectivity index (χ1v) is 7.73. The Kier molecular flexibility index (Phi) is 4.03. The van der Waals surface area contributed by atoms with Gasteiger partial charge in [-0.3, -0.25) is 9.59 Å². The van der Waals surface area contributed by atoms with Crippen molar-refractivity contribution in [2.24, 2.45) is 7.05 Å². The van der Waals surface area contributed by atoms with E-state index in [4.69, 9.17) is 0 Å². The van der Waals surface area contributed by atoms with E-state index in [0.717, 1.165) is 12.8 Å². The highest BCUT2D eigenvalue weighted by atomic mass is 19.1. The molecule has 1 heterocycles. The van der Waals surface area contributed by atoms with Gasteiger partial charge in [0.25, 0.3) is 11.5 Å². The molecule has 0 radical (unpaired) electrons. The highest BCUT2D eigenvalue weighted by Crippen LogP contribution is 2.36. The number of nitrogens with zero attached hydrogens (tertiary/aromatic N) is 2. The minimum atomic E-state index is -0.375. The molecule has 1 aliphatic carbocycles. The lowest BCUT2D eigenvalue weighted by Crippen LogP contribution is -2.36. The highest BCUT2D eigenvalue weighted by Gasteiger charge is 2.37. The Morgan fingerprint density at radius 1 is 1.30 bits per heavy atom. The second-order valence-corrected chi connectivity index (χ2v) is 6.01. The Balaban J connectivity index is 1.95. The number of carbonyl (C=O) groups is 1. The zero-order valence-electron chi connectivity index (χ0n) is 13.2. The number of rotatable bonds is 4. The van der Waals surface area contributed by atoms with Gasteiger partial charge in [-0.2, -0.15) is 0 Å². The number of pyridine rings is 1. The minimum Gasteiger partial charge on any atom is -0.329 e. The molecule has 0 N–H and O–H groups in total. The summed E-state index contributed by atoms with van der Waals surface area (Å²) in [7, 11) is 1.64. The van der Waals surface area contributed by atoms with Crippen LogP contribution in [0.25, 0.3) is 0 Å². The van der Waals surface area contributed by atoms with Crippen molar-refractivity contribution in [2.75, 3.05) is 0 Å². The predicted molar refractivity (Wildman–Crippen MR) is 85.7 cm³/mol. The molecule has 1 atom stereocenters. The number of carbonyl (C=O) groups excluding carboxylic acids is 1. The summed E-state index contributed by atoms with van der Waals surface area (Å²) in [5.74, 6) is -0.539. The Bertz CT molecular complexity index is 796. The Labute approximate surface area is 134 Å². The molecule has 0 aliphatic heterocycles. The topological polar surface area (TPSA) is 42.3 Å². The predicted octanol–water partition coefficient (Wildman–Crippen LogP) is 2.89. The molecule has 4 nitrogen and oxygen atoms in total. The number of benzene rings is 1. The largest absolute Gasteiger partial charge is 0.329 e. The molecule has 120 valence electrons. The van der Waals surface area contributed by atoms with Crippen molar-refractivity contribution in [1.29, 1.82) is 0 Å². The average Bonchev–Trinajstić information content (AvgIpc) is 3.35. The first-order chi connectivity index (χ1) is 11.0. The van der Waals surface area contributed by atoms with Gasteiger partial charge in [-0.1, -0.05) is 18.2 Å². The number of aryl methyl sites for hydroxylation is 1. The van der Waals surface area contributed by atoms with E-state index in [1.807, 2.05) is 6.92 Å². The summed E-state index contributed by atoms with van der Waals surface area (Å²) in [5.41, 5.74) is 0.616. The quantitative estimate of drug-likeness (QED) is 0.871. The lowest BCUT2D eigenvalue weighted by atomic mass is 10.0. The Morgan fingerprint density at radius 2 is 2.00 bits per heavy atom. The molecule has 1 amide bonds. The van der Waals surface area contributed by atoms with Crippen LogP contribution in [0.3, 0.4) is 0 Å². The standard InChI is InChI=1S/C18H19FN2O2/c1-12(15-5-3-4-6-16(15)19)21(14-7-8-14)18(23)13-9-10-20(2)17(22)11-13/h3-6,9-12,14H,7-8H2,1-2H3. The van der Waals surface area contributed by atoms with Crippen LogP contribution in [0.4, 0.5) is 4.39 Å². The van der Waals surface area contributed by atoms with Gasteiger partial charge >= 0.3 is 0 Å². The molecule has 1 aromatic carbocycles. The van der Waals surface area contributed by atoms with Crippen LogP contribution in [-0.4, -0.2) is 21.4 Å². The van der Waals surface area contributed by atoms with Gasteiger partial charge in [0.1, 0.15) is 5.82 Å². The molecule has 1 aromatic heterocycles. The summed E-state index contributed by atoms with van der Waals surface area (Å²) in [4.78, 5) is 26.4. The van der Waals surface area contributed by atoms with Crippen molar-refractivity contribution in [3.8, 4) is 0 Å². The molecule has 1 fully saturated rings. The number of hydrogen-bond donors (Lipinski definition) is 0. The van der Waals surface area contributed by atoms with Crippen LogP contribution < -0.4 is 5.56 Å². The maximum atomic E-state index is 14.1. The molecule has 2 aromatic rings. The van der Waals surface area contributed by atoms with Crippen molar-refractivity contribution in [1.82, 2.24) is 9.47 Å². The van der Waals surface area contributed by atoms with Crippen LogP contribution in [0.5, 0.6) is 0 Å². The van der Waals surface area contributed by atoms with Gasteiger partial charge in [-0.25, -0.2) is 4.39 Å². The number of amides is 1. The third kappa shape index (κ3) is 3.04. The molecule has 23 heavy (non-hydrogen) atoms. The summed E-state index contributed by atoms with van der Waals surface area (Å²) in [6.45, 7) is 1.83. The molecular formula is C18H19FN2O2.